The zero-order valence-electron chi connectivity index (χ0n) is 8.91. The molecule has 1 rings (SSSR count). The first-order valence-corrected chi connectivity index (χ1v) is 4.60. The highest BCUT2D eigenvalue weighted by Gasteiger charge is 2.17. The van der Waals surface area contributed by atoms with Gasteiger partial charge in [-0.1, -0.05) is 6.07 Å². The zero-order valence-corrected chi connectivity index (χ0v) is 8.91. The van der Waals surface area contributed by atoms with Crippen molar-refractivity contribution in [3.63, 3.8) is 0 Å². The highest BCUT2D eigenvalue weighted by molar-refractivity contribution is 5.33. The van der Waals surface area contributed by atoms with Crippen molar-refractivity contribution < 1.29 is 9.47 Å². The molecule has 0 saturated heterocycles. The Morgan fingerprint density at radius 1 is 1.29 bits per heavy atom. The first kappa shape index (κ1) is 10.9. The summed E-state index contributed by atoms with van der Waals surface area (Å²) in [5, 5.41) is 0. The fourth-order valence-corrected chi connectivity index (χ4v) is 1.03. The van der Waals surface area contributed by atoms with Crippen LogP contribution in [-0.2, 0) is 0 Å². The van der Waals surface area contributed by atoms with Gasteiger partial charge in [-0.2, -0.15) is 0 Å². The summed E-state index contributed by atoms with van der Waals surface area (Å²) < 4.78 is 10.8. The Balaban J connectivity index is 2.76. The first-order chi connectivity index (χ1) is 6.57. The van der Waals surface area contributed by atoms with Gasteiger partial charge in [-0.05, 0) is 26.0 Å². The van der Waals surface area contributed by atoms with Crippen LogP contribution in [0.3, 0.4) is 0 Å². The Morgan fingerprint density at radius 3 is 2.50 bits per heavy atom. The van der Waals surface area contributed by atoms with Crippen LogP contribution in [0.4, 0.5) is 0 Å². The van der Waals surface area contributed by atoms with Crippen molar-refractivity contribution in [2.75, 3.05) is 13.7 Å². The van der Waals surface area contributed by atoms with E-state index in [0.29, 0.717) is 6.54 Å². The molecular formula is C11H17NO2. The molecule has 0 aliphatic heterocycles. The third-order valence-corrected chi connectivity index (χ3v) is 1.93. The quantitative estimate of drug-likeness (QED) is 0.797. The molecule has 0 saturated carbocycles. The molecule has 0 aromatic heterocycles. The average Bonchev–Trinajstić information content (AvgIpc) is 2.17. The van der Waals surface area contributed by atoms with Gasteiger partial charge in [0, 0.05) is 12.6 Å². The molecule has 0 bridgehead atoms. The minimum Gasteiger partial charge on any atom is -0.497 e. The van der Waals surface area contributed by atoms with Crippen molar-refractivity contribution in [2.45, 2.75) is 19.4 Å². The summed E-state index contributed by atoms with van der Waals surface area (Å²) in [5.41, 5.74) is 5.23. The lowest BCUT2D eigenvalue weighted by Gasteiger charge is -2.24. The minimum atomic E-state index is -0.341. The topological polar surface area (TPSA) is 44.5 Å². The zero-order chi connectivity index (χ0) is 10.6. The maximum absolute atomic E-state index is 5.69. The molecule has 0 amide bonds. The molecule has 3 heteroatoms. The second-order valence-electron chi connectivity index (χ2n) is 3.74. The van der Waals surface area contributed by atoms with Crippen LogP contribution in [0.5, 0.6) is 11.5 Å². The van der Waals surface area contributed by atoms with E-state index in [1.165, 1.54) is 0 Å². The van der Waals surface area contributed by atoms with Crippen LogP contribution in [0.15, 0.2) is 24.3 Å². The van der Waals surface area contributed by atoms with Gasteiger partial charge in [0.25, 0.3) is 0 Å². The molecule has 1 aromatic carbocycles. The van der Waals surface area contributed by atoms with Crippen molar-refractivity contribution in [1.29, 1.82) is 0 Å². The minimum absolute atomic E-state index is 0.341. The average molecular weight is 195 g/mol. The Bertz CT molecular complexity index is 297. The van der Waals surface area contributed by atoms with E-state index in [-0.39, 0.29) is 5.60 Å². The fourth-order valence-electron chi connectivity index (χ4n) is 1.03. The molecule has 0 heterocycles. The molecule has 0 unspecified atom stereocenters. The standard InChI is InChI=1S/C11H17NO2/c1-11(2,8-12)14-10-6-4-5-9(7-10)13-3/h4-7H,8,12H2,1-3H3. The van der Waals surface area contributed by atoms with Gasteiger partial charge in [-0.25, -0.2) is 0 Å². The van der Waals surface area contributed by atoms with E-state index in [4.69, 9.17) is 15.2 Å². The maximum atomic E-state index is 5.69. The van der Waals surface area contributed by atoms with E-state index in [2.05, 4.69) is 0 Å². The molecule has 0 fully saturated rings. The van der Waals surface area contributed by atoms with Gasteiger partial charge in [-0.15, -0.1) is 0 Å². The number of rotatable bonds is 4. The molecule has 1 aromatic rings. The summed E-state index contributed by atoms with van der Waals surface area (Å²) in [6, 6.07) is 7.50. The lowest BCUT2D eigenvalue weighted by atomic mass is 10.1. The molecule has 2 N–H and O–H groups in total. The van der Waals surface area contributed by atoms with Crippen LogP contribution in [0.2, 0.25) is 0 Å². The second-order valence-corrected chi connectivity index (χ2v) is 3.74. The van der Waals surface area contributed by atoms with E-state index in [9.17, 15) is 0 Å². The van der Waals surface area contributed by atoms with Crippen molar-refractivity contribution >= 4 is 0 Å². The largest absolute Gasteiger partial charge is 0.497 e. The lowest BCUT2D eigenvalue weighted by Crippen LogP contribution is -2.37. The van der Waals surface area contributed by atoms with Gasteiger partial charge in [0.05, 0.1) is 7.11 Å². The van der Waals surface area contributed by atoms with Gasteiger partial charge in [-0.3, -0.25) is 0 Å². The van der Waals surface area contributed by atoms with Gasteiger partial charge >= 0.3 is 0 Å². The molecule has 0 radical (unpaired) electrons. The predicted molar refractivity (Wildman–Crippen MR) is 56.8 cm³/mol. The number of benzene rings is 1. The van der Waals surface area contributed by atoms with Crippen LogP contribution in [0.1, 0.15) is 13.8 Å². The summed E-state index contributed by atoms with van der Waals surface area (Å²) in [6.07, 6.45) is 0. The van der Waals surface area contributed by atoms with Gasteiger partial charge in [0.15, 0.2) is 0 Å². The maximum Gasteiger partial charge on any atom is 0.123 e. The van der Waals surface area contributed by atoms with E-state index < -0.39 is 0 Å². The highest BCUT2D eigenvalue weighted by atomic mass is 16.5. The SMILES string of the molecule is COc1cccc(OC(C)(C)CN)c1. The number of nitrogens with two attached hydrogens (primary N) is 1. The molecule has 0 aliphatic rings. The third-order valence-electron chi connectivity index (χ3n) is 1.93. The van der Waals surface area contributed by atoms with E-state index in [0.717, 1.165) is 11.5 Å². The summed E-state index contributed by atoms with van der Waals surface area (Å²) in [5.74, 6) is 1.56. The van der Waals surface area contributed by atoms with E-state index in [1.807, 2.05) is 38.1 Å². The monoisotopic (exact) mass is 195 g/mol. The summed E-state index contributed by atoms with van der Waals surface area (Å²) in [6.45, 7) is 4.38. The summed E-state index contributed by atoms with van der Waals surface area (Å²) in [4.78, 5) is 0. The molecule has 3 nitrogen and oxygen atoms in total. The smallest absolute Gasteiger partial charge is 0.123 e. The molecule has 78 valence electrons. The molecule has 14 heavy (non-hydrogen) atoms. The van der Waals surface area contributed by atoms with Crippen molar-refractivity contribution in [2.24, 2.45) is 5.73 Å². The Morgan fingerprint density at radius 2 is 1.93 bits per heavy atom. The Hall–Kier alpha value is -1.22. The van der Waals surface area contributed by atoms with Gasteiger partial charge in [0.2, 0.25) is 0 Å². The molecular weight excluding hydrogens is 178 g/mol. The van der Waals surface area contributed by atoms with Gasteiger partial charge in [0.1, 0.15) is 17.1 Å². The number of hydrogen-bond donors (Lipinski definition) is 1. The predicted octanol–water partition coefficient (Wildman–Crippen LogP) is 1.81. The van der Waals surface area contributed by atoms with Crippen LogP contribution in [0, 0.1) is 0 Å². The number of methoxy groups -OCH3 is 1. The van der Waals surface area contributed by atoms with Crippen LogP contribution in [0.25, 0.3) is 0 Å². The second kappa shape index (κ2) is 4.33. The van der Waals surface area contributed by atoms with E-state index in [1.54, 1.807) is 7.11 Å². The summed E-state index contributed by atoms with van der Waals surface area (Å²) in [7, 11) is 1.63. The molecule has 0 spiro atoms. The van der Waals surface area contributed by atoms with E-state index >= 15 is 0 Å². The normalized spacial score (nSPS) is 11.1. The Labute approximate surface area is 84.8 Å². The first-order valence-electron chi connectivity index (χ1n) is 4.60. The fraction of sp³-hybridized carbons (Fsp3) is 0.455. The lowest BCUT2D eigenvalue weighted by molar-refractivity contribution is 0.118. The third kappa shape index (κ3) is 2.92. The van der Waals surface area contributed by atoms with Crippen molar-refractivity contribution in [1.82, 2.24) is 0 Å². The highest BCUT2D eigenvalue weighted by Crippen LogP contribution is 2.22. The van der Waals surface area contributed by atoms with Gasteiger partial charge < -0.3 is 15.2 Å². The summed E-state index contributed by atoms with van der Waals surface area (Å²) >= 11 is 0. The molecule has 0 atom stereocenters. The Kier molecular flexibility index (Phi) is 3.36. The van der Waals surface area contributed by atoms with Crippen molar-refractivity contribution in [3.8, 4) is 11.5 Å². The van der Waals surface area contributed by atoms with Crippen LogP contribution >= 0.6 is 0 Å². The number of hydrogen-bond acceptors (Lipinski definition) is 3. The van der Waals surface area contributed by atoms with Crippen LogP contribution in [-0.4, -0.2) is 19.3 Å². The molecule has 0 aliphatic carbocycles. The number of ether oxygens (including phenoxy) is 2. The van der Waals surface area contributed by atoms with Crippen molar-refractivity contribution in [3.05, 3.63) is 24.3 Å². The van der Waals surface area contributed by atoms with Crippen LogP contribution < -0.4 is 15.2 Å².